The minimum absolute atomic E-state index is 0.0840. The molecule has 0 aromatic carbocycles. The predicted molar refractivity (Wildman–Crippen MR) is 62.4 cm³/mol. The van der Waals surface area contributed by atoms with Gasteiger partial charge in [-0.3, -0.25) is 4.79 Å². The van der Waals surface area contributed by atoms with E-state index in [4.69, 9.17) is 10.8 Å². The van der Waals surface area contributed by atoms with Crippen molar-refractivity contribution in [1.29, 1.82) is 0 Å². The van der Waals surface area contributed by atoms with E-state index in [-0.39, 0.29) is 11.4 Å². The zero-order valence-corrected chi connectivity index (χ0v) is 10.0. The third-order valence-electron chi connectivity index (χ3n) is 3.96. The summed E-state index contributed by atoms with van der Waals surface area (Å²) in [4.78, 5) is 24.7. The van der Waals surface area contributed by atoms with Crippen molar-refractivity contribution in [1.82, 2.24) is 4.90 Å². The number of carboxylic acids is 1. The Kier molecular flexibility index (Phi) is 3.38. The van der Waals surface area contributed by atoms with E-state index in [0.29, 0.717) is 19.4 Å². The van der Waals surface area contributed by atoms with Gasteiger partial charge in [-0.2, -0.15) is 0 Å². The van der Waals surface area contributed by atoms with Gasteiger partial charge < -0.3 is 15.7 Å². The summed E-state index contributed by atoms with van der Waals surface area (Å²) in [5.41, 5.74) is 5.67. The van der Waals surface area contributed by atoms with Crippen LogP contribution in [0.4, 0.5) is 0 Å². The van der Waals surface area contributed by atoms with E-state index in [2.05, 4.69) is 0 Å². The van der Waals surface area contributed by atoms with Crippen LogP contribution in [0.25, 0.3) is 0 Å². The van der Waals surface area contributed by atoms with Crippen molar-refractivity contribution in [3.8, 4) is 0 Å². The number of hydrogen-bond donors (Lipinski definition) is 2. The van der Waals surface area contributed by atoms with Crippen LogP contribution in [0.2, 0.25) is 0 Å². The quantitative estimate of drug-likeness (QED) is 0.761. The highest BCUT2D eigenvalue weighted by atomic mass is 16.4. The molecule has 96 valence electrons. The van der Waals surface area contributed by atoms with Gasteiger partial charge >= 0.3 is 5.97 Å². The molecule has 1 aliphatic carbocycles. The molecule has 0 aromatic rings. The van der Waals surface area contributed by atoms with Gasteiger partial charge in [0.05, 0.1) is 0 Å². The minimum atomic E-state index is -0.891. The number of likely N-dealkylation sites (tertiary alicyclic amines) is 1. The highest BCUT2D eigenvalue weighted by Gasteiger charge is 2.39. The monoisotopic (exact) mass is 240 g/mol. The lowest BCUT2D eigenvalue weighted by atomic mass is 9.75. The van der Waals surface area contributed by atoms with Gasteiger partial charge in [0.25, 0.3) is 0 Å². The maximum absolute atomic E-state index is 12.1. The van der Waals surface area contributed by atoms with Crippen LogP contribution in [-0.4, -0.2) is 40.0 Å². The molecule has 5 heteroatoms. The largest absolute Gasteiger partial charge is 0.480 e. The Morgan fingerprint density at radius 1 is 1.29 bits per heavy atom. The van der Waals surface area contributed by atoms with Gasteiger partial charge in [-0.15, -0.1) is 0 Å². The summed E-state index contributed by atoms with van der Waals surface area (Å²) in [5, 5.41) is 9.10. The molecule has 5 nitrogen and oxygen atoms in total. The van der Waals surface area contributed by atoms with Gasteiger partial charge in [0.1, 0.15) is 6.04 Å². The Morgan fingerprint density at radius 2 is 2.00 bits per heavy atom. The Hall–Kier alpha value is -1.10. The van der Waals surface area contributed by atoms with Crippen molar-refractivity contribution in [2.75, 3.05) is 6.54 Å². The molecule has 2 aliphatic rings. The van der Waals surface area contributed by atoms with Gasteiger partial charge in [0.2, 0.25) is 5.91 Å². The van der Waals surface area contributed by atoms with E-state index >= 15 is 0 Å². The van der Waals surface area contributed by atoms with Crippen molar-refractivity contribution >= 4 is 11.9 Å². The number of carbonyl (C=O) groups excluding carboxylic acids is 1. The highest BCUT2D eigenvalue weighted by Crippen LogP contribution is 2.33. The first-order valence-electron chi connectivity index (χ1n) is 6.33. The Morgan fingerprint density at radius 3 is 2.53 bits per heavy atom. The fraction of sp³-hybridized carbons (Fsp3) is 0.833. The lowest BCUT2D eigenvalue weighted by Crippen LogP contribution is -2.54. The first-order valence-corrected chi connectivity index (χ1v) is 6.33. The molecule has 1 heterocycles. The summed E-state index contributed by atoms with van der Waals surface area (Å²) in [6.07, 6.45) is 5.48. The minimum Gasteiger partial charge on any atom is -0.480 e. The van der Waals surface area contributed by atoms with Crippen LogP contribution < -0.4 is 5.73 Å². The van der Waals surface area contributed by atoms with Crippen molar-refractivity contribution in [2.45, 2.75) is 56.5 Å². The van der Waals surface area contributed by atoms with Gasteiger partial charge in [0.15, 0.2) is 0 Å². The Labute approximate surface area is 101 Å². The van der Waals surface area contributed by atoms with Gasteiger partial charge in [-0.05, 0) is 38.5 Å². The standard InChI is InChI=1S/C12H20N2O3/c13-12(5-3-6-12)8-10(15)14-7-2-1-4-9(14)11(16)17/h9H,1-8,13H2,(H,16,17). The van der Waals surface area contributed by atoms with Crippen LogP contribution in [0, 0.1) is 0 Å². The lowest BCUT2D eigenvalue weighted by Gasteiger charge is -2.41. The van der Waals surface area contributed by atoms with Crippen molar-refractivity contribution in [2.24, 2.45) is 5.73 Å². The Bertz CT molecular complexity index is 326. The van der Waals surface area contributed by atoms with Gasteiger partial charge in [0, 0.05) is 18.5 Å². The zero-order valence-electron chi connectivity index (χ0n) is 10.0. The average Bonchev–Trinajstić information content (AvgIpc) is 2.26. The molecule has 0 radical (unpaired) electrons. The first-order chi connectivity index (χ1) is 8.02. The second-order valence-corrected chi connectivity index (χ2v) is 5.33. The van der Waals surface area contributed by atoms with Crippen LogP contribution in [0.3, 0.4) is 0 Å². The molecule has 0 spiro atoms. The highest BCUT2D eigenvalue weighted by molar-refractivity contribution is 5.84. The molecular formula is C12H20N2O3. The summed E-state index contributed by atoms with van der Waals surface area (Å²) in [5.74, 6) is -0.975. The molecule has 1 saturated carbocycles. The van der Waals surface area contributed by atoms with Crippen LogP contribution in [-0.2, 0) is 9.59 Å². The number of piperidine rings is 1. The number of amides is 1. The predicted octanol–water partition coefficient (Wildman–Crippen LogP) is 0.724. The molecule has 2 rings (SSSR count). The van der Waals surface area contributed by atoms with Crippen LogP contribution in [0.1, 0.15) is 44.9 Å². The second-order valence-electron chi connectivity index (χ2n) is 5.33. The van der Waals surface area contributed by atoms with E-state index in [1.54, 1.807) is 0 Å². The molecular weight excluding hydrogens is 220 g/mol. The van der Waals surface area contributed by atoms with Crippen LogP contribution in [0.15, 0.2) is 0 Å². The maximum Gasteiger partial charge on any atom is 0.326 e. The number of carbonyl (C=O) groups is 2. The Balaban J connectivity index is 1.98. The molecule has 0 bridgehead atoms. The van der Waals surface area contributed by atoms with E-state index in [1.807, 2.05) is 0 Å². The smallest absolute Gasteiger partial charge is 0.326 e. The third-order valence-corrected chi connectivity index (χ3v) is 3.96. The zero-order chi connectivity index (χ0) is 12.5. The number of rotatable bonds is 3. The van der Waals surface area contributed by atoms with E-state index < -0.39 is 12.0 Å². The number of aliphatic carboxylic acids is 1. The molecule has 0 aromatic heterocycles. The molecule has 17 heavy (non-hydrogen) atoms. The fourth-order valence-corrected chi connectivity index (χ4v) is 2.70. The number of nitrogens with two attached hydrogens (primary N) is 1. The molecule has 3 N–H and O–H groups in total. The summed E-state index contributed by atoms with van der Waals surface area (Å²) < 4.78 is 0. The molecule has 1 unspecified atom stereocenters. The third kappa shape index (κ3) is 2.60. The first kappa shape index (κ1) is 12.4. The molecule has 1 atom stereocenters. The van der Waals surface area contributed by atoms with Crippen molar-refractivity contribution in [3.63, 3.8) is 0 Å². The number of nitrogens with zero attached hydrogens (tertiary/aromatic N) is 1. The molecule has 1 aliphatic heterocycles. The number of carboxylic acid groups (broad SMARTS) is 1. The lowest BCUT2D eigenvalue weighted by molar-refractivity contribution is -0.152. The molecule has 2 fully saturated rings. The van der Waals surface area contributed by atoms with E-state index in [0.717, 1.165) is 32.1 Å². The van der Waals surface area contributed by atoms with Crippen LogP contribution in [0.5, 0.6) is 0 Å². The van der Waals surface area contributed by atoms with E-state index in [1.165, 1.54) is 4.90 Å². The van der Waals surface area contributed by atoms with E-state index in [9.17, 15) is 9.59 Å². The normalized spacial score (nSPS) is 27.4. The molecule has 1 saturated heterocycles. The summed E-state index contributed by atoms with van der Waals surface area (Å²) in [7, 11) is 0. The number of hydrogen-bond acceptors (Lipinski definition) is 3. The average molecular weight is 240 g/mol. The van der Waals surface area contributed by atoms with Gasteiger partial charge in [-0.1, -0.05) is 0 Å². The summed E-state index contributed by atoms with van der Waals surface area (Å²) in [6, 6.07) is -0.639. The topological polar surface area (TPSA) is 83.6 Å². The van der Waals surface area contributed by atoms with Crippen molar-refractivity contribution < 1.29 is 14.7 Å². The summed E-state index contributed by atoms with van der Waals surface area (Å²) in [6.45, 7) is 0.561. The van der Waals surface area contributed by atoms with Crippen molar-refractivity contribution in [3.05, 3.63) is 0 Å². The fourth-order valence-electron chi connectivity index (χ4n) is 2.70. The summed E-state index contributed by atoms with van der Waals surface area (Å²) >= 11 is 0. The van der Waals surface area contributed by atoms with Gasteiger partial charge in [-0.25, -0.2) is 4.79 Å². The molecule has 1 amide bonds. The SMILES string of the molecule is NC1(CC(=O)N2CCCCC2C(=O)O)CCC1. The second kappa shape index (κ2) is 4.64. The maximum atomic E-state index is 12.1. The van der Waals surface area contributed by atoms with Crippen LogP contribution >= 0.6 is 0 Å².